The topological polar surface area (TPSA) is 69.2 Å². The summed E-state index contributed by atoms with van der Waals surface area (Å²) in [6.07, 6.45) is 5.87. The van der Waals surface area contributed by atoms with E-state index in [2.05, 4.69) is 0 Å². The van der Waals surface area contributed by atoms with Gasteiger partial charge in [0, 0.05) is 24.1 Å². The molecule has 0 radical (unpaired) electrons. The fourth-order valence-electron chi connectivity index (χ4n) is 2.78. The van der Waals surface area contributed by atoms with Gasteiger partial charge < -0.3 is 5.73 Å². The Kier molecular flexibility index (Phi) is 3.43. The molecular formula is C13H18N2O2. The number of nitrogens with two attached hydrogens (primary N) is 1. The Bertz CT molecular complexity index is 394. The van der Waals surface area contributed by atoms with Crippen LogP contribution in [0.2, 0.25) is 0 Å². The minimum Gasteiger partial charge on any atom is -0.330 e. The molecule has 1 fully saturated rings. The summed E-state index contributed by atoms with van der Waals surface area (Å²) < 4.78 is 0. The summed E-state index contributed by atoms with van der Waals surface area (Å²) in [5, 5.41) is 10.6. The number of benzene rings is 1. The van der Waals surface area contributed by atoms with Gasteiger partial charge in [-0.3, -0.25) is 10.1 Å². The van der Waals surface area contributed by atoms with E-state index in [0.717, 1.165) is 18.4 Å². The van der Waals surface area contributed by atoms with E-state index < -0.39 is 0 Å². The molecule has 0 spiro atoms. The van der Waals surface area contributed by atoms with Gasteiger partial charge in [-0.05, 0) is 18.4 Å². The summed E-state index contributed by atoms with van der Waals surface area (Å²) in [5.74, 6) is 0. The summed E-state index contributed by atoms with van der Waals surface area (Å²) in [7, 11) is 0. The van der Waals surface area contributed by atoms with Gasteiger partial charge in [-0.1, -0.05) is 31.4 Å². The fraction of sp³-hybridized carbons (Fsp3) is 0.538. The smallest absolute Gasteiger partial charge is 0.269 e. The van der Waals surface area contributed by atoms with E-state index in [1.54, 1.807) is 12.1 Å². The van der Waals surface area contributed by atoms with E-state index in [-0.39, 0.29) is 16.0 Å². The summed E-state index contributed by atoms with van der Waals surface area (Å²) in [6.45, 7) is 0.630. The number of rotatable bonds is 3. The van der Waals surface area contributed by atoms with E-state index in [1.807, 2.05) is 12.1 Å². The Morgan fingerprint density at radius 2 is 1.76 bits per heavy atom. The Hall–Kier alpha value is -1.42. The van der Waals surface area contributed by atoms with Crippen LogP contribution in [0.25, 0.3) is 0 Å². The highest BCUT2D eigenvalue weighted by molar-refractivity contribution is 5.37. The van der Waals surface area contributed by atoms with Crippen LogP contribution in [0.15, 0.2) is 24.3 Å². The van der Waals surface area contributed by atoms with Crippen LogP contribution in [0.1, 0.15) is 37.7 Å². The van der Waals surface area contributed by atoms with Crippen molar-refractivity contribution < 1.29 is 4.92 Å². The lowest BCUT2D eigenvalue weighted by Crippen LogP contribution is -2.37. The van der Waals surface area contributed by atoms with Gasteiger partial charge in [-0.2, -0.15) is 0 Å². The van der Waals surface area contributed by atoms with E-state index in [4.69, 9.17) is 5.73 Å². The first-order valence-electron chi connectivity index (χ1n) is 6.13. The first-order valence-corrected chi connectivity index (χ1v) is 6.13. The van der Waals surface area contributed by atoms with Crippen LogP contribution in [0, 0.1) is 10.1 Å². The number of nitro groups is 1. The van der Waals surface area contributed by atoms with Gasteiger partial charge in [-0.25, -0.2) is 0 Å². The van der Waals surface area contributed by atoms with Gasteiger partial charge in [0.2, 0.25) is 0 Å². The Morgan fingerprint density at radius 1 is 1.18 bits per heavy atom. The van der Waals surface area contributed by atoms with Crippen molar-refractivity contribution in [3.8, 4) is 0 Å². The quantitative estimate of drug-likeness (QED) is 0.645. The van der Waals surface area contributed by atoms with Crippen molar-refractivity contribution in [3.63, 3.8) is 0 Å². The Labute approximate surface area is 101 Å². The van der Waals surface area contributed by atoms with Crippen LogP contribution in [0.5, 0.6) is 0 Å². The number of hydrogen-bond donors (Lipinski definition) is 1. The molecule has 2 N–H and O–H groups in total. The first kappa shape index (κ1) is 12.0. The van der Waals surface area contributed by atoms with Crippen molar-refractivity contribution in [2.75, 3.05) is 6.54 Å². The molecule has 0 amide bonds. The predicted octanol–water partition coefficient (Wildman–Crippen LogP) is 2.76. The molecule has 1 aromatic rings. The molecule has 0 saturated heterocycles. The van der Waals surface area contributed by atoms with Gasteiger partial charge in [0.25, 0.3) is 5.69 Å². The number of nitro benzene ring substituents is 1. The lowest BCUT2D eigenvalue weighted by atomic mass is 9.69. The zero-order valence-corrected chi connectivity index (χ0v) is 9.89. The maximum absolute atomic E-state index is 10.6. The molecule has 4 heteroatoms. The second kappa shape index (κ2) is 4.84. The van der Waals surface area contributed by atoms with Crippen LogP contribution >= 0.6 is 0 Å². The van der Waals surface area contributed by atoms with Gasteiger partial charge in [0.15, 0.2) is 0 Å². The van der Waals surface area contributed by atoms with Gasteiger partial charge in [0.05, 0.1) is 4.92 Å². The average molecular weight is 234 g/mol. The van der Waals surface area contributed by atoms with Gasteiger partial charge >= 0.3 is 0 Å². The van der Waals surface area contributed by atoms with Crippen molar-refractivity contribution >= 4 is 5.69 Å². The molecule has 0 heterocycles. The molecule has 0 aliphatic heterocycles. The molecule has 1 aromatic carbocycles. The highest BCUT2D eigenvalue weighted by atomic mass is 16.6. The van der Waals surface area contributed by atoms with Crippen molar-refractivity contribution in [2.45, 2.75) is 37.5 Å². The monoisotopic (exact) mass is 234 g/mol. The number of hydrogen-bond acceptors (Lipinski definition) is 3. The minimum atomic E-state index is -0.361. The van der Waals surface area contributed by atoms with E-state index in [9.17, 15) is 10.1 Å². The zero-order valence-electron chi connectivity index (χ0n) is 9.89. The van der Waals surface area contributed by atoms with Crippen LogP contribution in [0.3, 0.4) is 0 Å². The molecule has 0 atom stereocenters. The maximum Gasteiger partial charge on any atom is 0.269 e. The number of nitrogens with zero attached hydrogens (tertiary/aromatic N) is 1. The standard InChI is InChI=1S/C13H18N2O2/c14-10-13(8-2-1-3-9-13)11-4-6-12(7-5-11)15(16)17/h4-7H,1-3,8-10,14H2. The third-order valence-corrected chi connectivity index (χ3v) is 3.89. The molecule has 0 aromatic heterocycles. The lowest BCUT2D eigenvalue weighted by molar-refractivity contribution is -0.384. The molecule has 0 unspecified atom stereocenters. The van der Waals surface area contributed by atoms with Gasteiger partial charge in [-0.15, -0.1) is 0 Å². The number of non-ortho nitro benzene ring substituents is 1. The van der Waals surface area contributed by atoms with Crippen LogP contribution in [-0.4, -0.2) is 11.5 Å². The normalized spacial score (nSPS) is 18.9. The fourth-order valence-corrected chi connectivity index (χ4v) is 2.78. The summed E-state index contributed by atoms with van der Waals surface area (Å²) >= 11 is 0. The van der Waals surface area contributed by atoms with Crippen LogP contribution in [-0.2, 0) is 5.41 Å². The molecule has 1 saturated carbocycles. The average Bonchev–Trinajstić information content (AvgIpc) is 2.39. The van der Waals surface area contributed by atoms with Crippen molar-refractivity contribution in [1.82, 2.24) is 0 Å². The van der Waals surface area contributed by atoms with E-state index in [0.29, 0.717) is 6.54 Å². The molecule has 4 nitrogen and oxygen atoms in total. The van der Waals surface area contributed by atoms with Crippen LogP contribution in [0.4, 0.5) is 5.69 Å². The maximum atomic E-state index is 10.6. The van der Waals surface area contributed by atoms with Crippen molar-refractivity contribution in [2.24, 2.45) is 5.73 Å². The van der Waals surface area contributed by atoms with Crippen molar-refractivity contribution in [1.29, 1.82) is 0 Å². The SMILES string of the molecule is NCC1(c2ccc([N+](=O)[O-])cc2)CCCCC1. The third-order valence-electron chi connectivity index (χ3n) is 3.89. The predicted molar refractivity (Wildman–Crippen MR) is 66.9 cm³/mol. The molecule has 1 aliphatic carbocycles. The summed E-state index contributed by atoms with van der Waals surface area (Å²) in [5.41, 5.74) is 7.29. The molecule has 2 rings (SSSR count). The summed E-state index contributed by atoms with van der Waals surface area (Å²) in [4.78, 5) is 10.3. The largest absolute Gasteiger partial charge is 0.330 e. The molecule has 0 bridgehead atoms. The molecule has 17 heavy (non-hydrogen) atoms. The lowest BCUT2D eigenvalue weighted by Gasteiger charge is -2.36. The van der Waals surface area contributed by atoms with Crippen molar-refractivity contribution in [3.05, 3.63) is 39.9 Å². The molecular weight excluding hydrogens is 216 g/mol. The van der Waals surface area contributed by atoms with Crippen LogP contribution < -0.4 is 5.73 Å². The van der Waals surface area contributed by atoms with Gasteiger partial charge in [0.1, 0.15) is 0 Å². The first-order chi connectivity index (χ1) is 8.18. The van der Waals surface area contributed by atoms with E-state index in [1.165, 1.54) is 19.3 Å². The summed E-state index contributed by atoms with van der Waals surface area (Å²) in [6, 6.07) is 6.91. The third kappa shape index (κ3) is 2.31. The highest BCUT2D eigenvalue weighted by Gasteiger charge is 2.32. The Morgan fingerprint density at radius 3 is 2.24 bits per heavy atom. The highest BCUT2D eigenvalue weighted by Crippen LogP contribution is 2.38. The Balaban J connectivity index is 2.27. The second-order valence-electron chi connectivity index (χ2n) is 4.85. The van der Waals surface area contributed by atoms with E-state index >= 15 is 0 Å². The molecule has 92 valence electrons. The minimum absolute atomic E-state index is 0.0490. The zero-order chi connectivity index (χ0) is 12.3. The second-order valence-corrected chi connectivity index (χ2v) is 4.85. The molecule has 1 aliphatic rings.